The number of nitrogens with zero attached hydrogens (tertiary/aromatic N) is 2. The molecular formula is C22H16F3N3O3S. The van der Waals surface area contributed by atoms with E-state index in [1.54, 1.807) is 6.07 Å². The van der Waals surface area contributed by atoms with E-state index < -0.39 is 17.7 Å². The number of hydrogen-bond donors (Lipinski definition) is 2. The van der Waals surface area contributed by atoms with Gasteiger partial charge in [0.05, 0.1) is 12.0 Å². The van der Waals surface area contributed by atoms with Gasteiger partial charge in [-0.1, -0.05) is 35.5 Å². The Bertz CT molecular complexity index is 1240. The molecule has 0 radical (unpaired) electrons. The van der Waals surface area contributed by atoms with Crippen LogP contribution in [0.5, 0.6) is 0 Å². The zero-order chi connectivity index (χ0) is 22.7. The highest BCUT2D eigenvalue weighted by molar-refractivity contribution is 7.13. The van der Waals surface area contributed by atoms with E-state index in [1.165, 1.54) is 12.1 Å². The number of benzene rings is 2. The summed E-state index contributed by atoms with van der Waals surface area (Å²) < 4.78 is 45.6. The van der Waals surface area contributed by atoms with Crippen molar-refractivity contribution < 1.29 is 27.6 Å². The van der Waals surface area contributed by atoms with Gasteiger partial charge in [-0.3, -0.25) is 0 Å². The number of thiophene rings is 1. The van der Waals surface area contributed by atoms with Crippen LogP contribution in [0.3, 0.4) is 0 Å². The molecule has 0 amide bonds. The molecule has 2 aromatic carbocycles. The molecule has 0 unspecified atom stereocenters. The Morgan fingerprint density at radius 2 is 1.88 bits per heavy atom. The van der Waals surface area contributed by atoms with Gasteiger partial charge in [-0.2, -0.15) is 18.2 Å². The maximum atomic E-state index is 13.5. The van der Waals surface area contributed by atoms with Gasteiger partial charge in [0.1, 0.15) is 4.88 Å². The minimum absolute atomic E-state index is 0.0503. The van der Waals surface area contributed by atoms with E-state index in [-0.39, 0.29) is 34.4 Å². The highest BCUT2D eigenvalue weighted by atomic mass is 32.1. The van der Waals surface area contributed by atoms with Crippen molar-refractivity contribution in [1.29, 1.82) is 0 Å². The van der Waals surface area contributed by atoms with E-state index in [0.717, 1.165) is 29.0 Å². The van der Waals surface area contributed by atoms with Gasteiger partial charge in [0.2, 0.25) is 11.7 Å². The summed E-state index contributed by atoms with van der Waals surface area (Å²) in [6.45, 7) is 0.171. The molecule has 2 heterocycles. The lowest BCUT2D eigenvalue weighted by atomic mass is 10.1. The molecule has 0 bridgehead atoms. The van der Waals surface area contributed by atoms with Crippen LogP contribution in [0.1, 0.15) is 31.6 Å². The standard InChI is InChI=1S/C22H16F3N3O3S/c23-22(24,25)15-9-14(20-27-19(31-28-20)8-13-4-2-1-3-5-13)10-16(11-15)26-12-17-6-7-18(32-17)21(29)30/h1-7,9-11,26H,8,12H2,(H,29,30). The summed E-state index contributed by atoms with van der Waals surface area (Å²) in [6.07, 6.45) is -4.20. The number of carbonyl (C=O) groups is 1. The van der Waals surface area contributed by atoms with Gasteiger partial charge >= 0.3 is 12.1 Å². The lowest BCUT2D eigenvalue weighted by Gasteiger charge is -2.12. The Kier molecular flexibility index (Phi) is 5.95. The quantitative estimate of drug-likeness (QED) is 0.368. The smallest absolute Gasteiger partial charge is 0.416 e. The van der Waals surface area contributed by atoms with Gasteiger partial charge in [-0.25, -0.2) is 4.79 Å². The summed E-state index contributed by atoms with van der Waals surface area (Å²) >= 11 is 1.05. The van der Waals surface area contributed by atoms with Crippen molar-refractivity contribution in [2.75, 3.05) is 5.32 Å². The number of carboxylic acid groups (broad SMARTS) is 1. The number of carboxylic acids is 1. The summed E-state index contributed by atoms with van der Waals surface area (Å²) in [5.74, 6) is -0.710. The van der Waals surface area contributed by atoms with Crippen LogP contribution < -0.4 is 5.32 Å². The number of nitrogens with one attached hydrogen (secondary N) is 1. The Morgan fingerprint density at radius 3 is 2.56 bits per heavy atom. The average Bonchev–Trinajstić information content (AvgIpc) is 3.42. The van der Waals surface area contributed by atoms with Crippen LogP contribution in [0.2, 0.25) is 0 Å². The maximum absolute atomic E-state index is 13.5. The third-order valence-electron chi connectivity index (χ3n) is 4.52. The van der Waals surface area contributed by atoms with Crippen molar-refractivity contribution in [3.05, 3.63) is 87.4 Å². The van der Waals surface area contributed by atoms with Crippen molar-refractivity contribution >= 4 is 23.0 Å². The van der Waals surface area contributed by atoms with E-state index in [2.05, 4.69) is 15.5 Å². The molecule has 0 aliphatic carbocycles. The van der Waals surface area contributed by atoms with Crippen molar-refractivity contribution in [2.24, 2.45) is 0 Å². The predicted molar refractivity (Wildman–Crippen MR) is 113 cm³/mol. The first-order valence-electron chi connectivity index (χ1n) is 9.43. The van der Waals surface area contributed by atoms with E-state index in [9.17, 15) is 18.0 Å². The molecule has 0 aliphatic rings. The topological polar surface area (TPSA) is 88.2 Å². The Balaban J connectivity index is 1.58. The van der Waals surface area contributed by atoms with Crippen LogP contribution in [0.4, 0.5) is 18.9 Å². The van der Waals surface area contributed by atoms with Crippen molar-refractivity contribution in [3.8, 4) is 11.4 Å². The first-order valence-corrected chi connectivity index (χ1v) is 10.2. The van der Waals surface area contributed by atoms with Crippen molar-refractivity contribution in [2.45, 2.75) is 19.1 Å². The fraction of sp³-hybridized carbons (Fsp3) is 0.136. The fourth-order valence-corrected chi connectivity index (χ4v) is 3.80. The van der Waals surface area contributed by atoms with Gasteiger partial charge < -0.3 is 14.9 Å². The molecule has 0 atom stereocenters. The second kappa shape index (κ2) is 8.83. The first kappa shape index (κ1) is 21.6. The zero-order valence-corrected chi connectivity index (χ0v) is 17.2. The second-order valence-corrected chi connectivity index (χ2v) is 8.06. The summed E-state index contributed by atoms with van der Waals surface area (Å²) in [7, 11) is 0. The Morgan fingerprint density at radius 1 is 1.09 bits per heavy atom. The Labute approximate surface area is 184 Å². The number of rotatable bonds is 7. The highest BCUT2D eigenvalue weighted by Crippen LogP contribution is 2.34. The molecule has 2 aromatic heterocycles. The molecule has 4 aromatic rings. The molecular weight excluding hydrogens is 443 g/mol. The number of anilines is 1. The monoisotopic (exact) mass is 459 g/mol. The molecule has 0 spiro atoms. The molecule has 4 rings (SSSR count). The van der Waals surface area contributed by atoms with Gasteiger partial charge in [-0.05, 0) is 35.9 Å². The van der Waals surface area contributed by atoms with E-state index in [1.807, 2.05) is 30.3 Å². The predicted octanol–water partition coefficient (Wildman–Crippen LogP) is 5.72. The lowest BCUT2D eigenvalue weighted by molar-refractivity contribution is -0.137. The molecule has 0 saturated heterocycles. The maximum Gasteiger partial charge on any atom is 0.416 e. The molecule has 164 valence electrons. The zero-order valence-electron chi connectivity index (χ0n) is 16.4. The van der Waals surface area contributed by atoms with Gasteiger partial charge in [0.25, 0.3) is 0 Å². The molecule has 0 aliphatic heterocycles. The molecule has 32 heavy (non-hydrogen) atoms. The number of aromatic nitrogens is 2. The summed E-state index contributed by atoms with van der Waals surface area (Å²) in [6, 6.07) is 15.9. The number of halogens is 3. The summed E-state index contributed by atoms with van der Waals surface area (Å²) in [4.78, 5) is 16.1. The van der Waals surface area contributed by atoms with Crippen LogP contribution in [-0.2, 0) is 19.1 Å². The van der Waals surface area contributed by atoms with Crippen LogP contribution in [0.15, 0.2) is 65.2 Å². The van der Waals surface area contributed by atoms with E-state index in [0.29, 0.717) is 11.3 Å². The third kappa shape index (κ3) is 5.14. The van der Waals surface area contributed by atoms with Gasteiger partial charge in [0, 0.05) is 22.7 Å². The lowest BCUT2D eigenvalue weighted by Crippen LogP contribution is -2.07. The van der Waals surface area contributed by atoms with Gasteiger partial charge in [0.15, 0.2) is 0 Å². The van der Waals surface area contributed by atoms with Crippen LogP contribution >= 0.6 is 11.3 Å². The minimum Gasteiger partial charge on any atom is -0.477 e. The largest absolute Gasteiger partial charge is 0.477 e. The Hall–Kier alpha value is -3.66. The molecule has 0 saturated carbocycles. The summed E-state index contributed by atoms with van der Waals surface area (Å²) in [5.41, 5.74) is 0.437. The van der Waals surface area contributed by atoms with Crippen LogP contribution in [-0.4, -0.2) is 21.2 Å². The van der Waals surface area contributed by atoms with Crippen molar-refractivity contribution in [3.63, 3.8) is 0 Å². The van der Waals surface area contributed by atoms with Crippen LogP contribution in [0.25, 0.3) is 11.4 Å². The van der Waals surface area contributed by atoms with E-state index >= 15 is 0 Å². The SMILES string of the molecule is O=C(O)c1ccc(CNc2cc(-c3noc(Cc4ccccc4)n3)cc(C(F)(F)F)c2)s1. The number of hydrogen-bond acceptors (Lipinski definition) is 6. The normalized spacial score (nSPS) is 11.5. The van der Waals surface area contributed by atoms with E-state index in [4.69, 9.17) is 9.63 Å². The van der Waals surface area contributed by atoms with Gasteiger partial charge in [-0.15, -0.1) is 11.3 Å². The molecule has 2 N–H and O–H groups in total. The molecule has 6 nitrogen and oxygen atoms in total. The molecule has 0 fully saturated rings. The molecule has 10 heteroatoms. The van der Waals surface area contributed by atoms with Crippen LogP contribution in [0, 0.1) is 0 Å². The first-order chi connectivity index (χ1) is 15.3. The van der Waals surface area contributed by atoms with Crippen molar-refractivity contribution in [1.82, 2.24) is 10.1 Å². The number of alkyl halides is 3. The third-order valence-corrected chi connectivity index (χ3v) is 5.60. The second-order valence-electron chi connectivity index (χ2n) is 6.90. The summed E-state index contributed by atoms with van der Waals surface area (Å²) in [5, 5.41) is 15.8. The highest BCUT2D eigenvalue weighted by Gasteiger charge is 2.31. The minimum atomic E-state index is -4.57. The fourth-order valence-electron chi connectivity index (χ4n) is 3.01. The average molecular weight is 459 g/mol. The number of aromatic carboxylic acids is 1.